The number of unbranched alkanes of at least 4 members (excludes halogenated alkanes) is 11. The van der Waals surface area contributed by atoms with Crippen LogP contribution in [0, 0.1) is 11.8 Å². The molecule has 94 valence electrons. The molecule has 0 heteroatoms. The van der Waals surface area contributed by atoms with Gasteiger partial charge in [0.25, 0.3) is 0 Å². The molecular weight excluding hydrogens is 192 g/mol. The highest BCUT2D eigenvalue weighted by atomic mass is 14.0. The minimum atomic E-state index is 1.10. The van der Waals surface area contributed by atoms with Crippen LogP contribution >= 0.6 is 0 Å². The van der Waals surface area contributed by atoms with Crippen LogP contribution < -0.4 is 0 Å². The van der Waals surface area contributed by atoms with E-state index in [0.29, 0.717) is 0 Å². The van der Waals surface area contributed by atoms with E-state index in [9.17, 15) is 0 Å². The summed E-state index contributed by atoms with van der Waals surface area (Å²) in [5.74, 6) is 6.08. The summed E-state index contributed by atoms with van der Waals surface area (Å²) >= 11 is 0. The second-order valence-corrected chi connectivity index (χ2v) is 4.71. The SMILES string of the molecule is CC#CCCCCCCCCCCCCC. The van der Waals surface area contributed by atoms with Crippen LogP contribution in [0.5, 0.6) is 0 Å². The number of hydrogen-bond donors (Lipinski definition) is 0. The van der Waals surface area contributed by atoms with Crippen LogP contribution in [-0.4, -0.2) is 0 Å². The summed E-state index contributed by atoms with van der Waals surface area (Å²) in [6.07, 6.45) is 16.7. The lowest BCUT2D eigenvalue weighted by atomic mass is 10.1. The van der Waals surface area contributed by atoms with Crippen molar-refractivity contribution >= 4 is 0 Å². The second kappa shape index (κ2) is 14.6. The van der Waals surface area contributed by atoms with Gasteiger partial charge in [0.2, 0.25) is 0 Å². The van der Waals surface area contributed by atoms with Crippen LogP contribution in [0.15, 0.2) is 0 Å². The van der Waals surface area contributed by atoms with Crippen molar-refractivity contribution in [3.8, 4) is 11.8 Å². The van der Waals surface area contributed by atoms with Gasteiger partial charge in [0.1, 0.15) is 0 Å². The van der Waals surface area contributed by atoms with Crippen LogP contribution in [0.2, 0.25) is 0 Å². The molecule has 0 saturated carbocycles. The fraction of sp³-hybridized carbons (Fsp3) is 0.875. The van der Waals surface area contributed by atoms with E-state index in [0.717, 1.165) is 6.42 Å². The minimum absolute atomic E-state index is 1.10. The van der Waals surface area contributed by atoms with E-state index in [1.54, 1.807) is 0 Å². The van der Waals surface area contributed by atoms with E-state index in [4.69, 9.17) is 0 Å². The van der Waals surface area contributed by atoms with Gasteiger partial charge in [0.15, 0.2) is 0 Å². The molecule has 0 nitrogen and oxygen atoms in total. The first kappa shape index (κ1) is 15.6. The Balaban J connectivity index is 2.89. The third-order valence-electron chi connectivity index (χ3n) is 3.08. The molecule has 0 heterocycles. The molecule has 0 radical (unpaired) electrons. The molecule has 0 bridgehead atoms. The molecule has 0 aromatic heterocycles. The smallest absolute Gasteiger partial charge is 0.00885 e. The summed E-state index contributed by atoms with van der Waals surface area (Å²) in [5, 5.41) is 0. The number of hydrogen-bond acceptors (Lipinski definition) is 0. The molecule has 0 aliphatic rings. The Bertz CT molecular complexity index is 170. The standard InChI is InChI=1S/C16H30/c1-3-5-7-9-11-13-15-16-14-12-10-8-6-4-2/h3,5,7-16H2,1-2H3. The van der Waals surface area contributed by atoms with E-state index in [1.165, 1.54) is 70.6 Å². The predicted molar refractivity (Wildman–Crippen MR) is 74.5 cm³/mol. The zero-order valence-electron chi connectivity index (χ0n) is 11.5. The van der Waals surface area contributed by atoms with Gasteiger partial charge in [-0.1, -0.05) is 71.1 Å². The summed E-state index contributed by atoms with van der Waals surface area (Å²) in [6, 6.07) is 0. The zero-order valence-corrected chi connectivity index (χ0v) is 11.5. The molecule has 16 heavy (non-hydrogen) atoms. The molecule has 0 amide bonds. The molecule has 0 aromatic carbocycles. The third-order valence-corrected chi connectivity index (χ3v) is 3.08. The van der Waals surface area contributed by atoms with Gasteiger partial charge >= 0.3 is 0 Å². The Hall–Kier alpha value is -0.440. The van der Waals surface area contributed by atoms with Gasteiger partial charge in [0, 0.05) is 6.42 Å². The molecule has 0 aromatic rings. The summed E-state index contributed by atoms with van der Waals surface area (Å²) < 4.78 is 0. The van der Waals surface area contributed by atoms with Gasteiger partial charge < -0.3 is 0 Å². The Kier molecular flexibility index (Phi) is 14.2. The summed E-state index contributed by atoms with van der Waals surface area (Å²) in [4.78, 5) is 0. The highest BCUT2D eigenvalue weighted by Gasteiger charge is 1.92. The Morgan fingerprint density at radius 3 is 1.50 bits per heavy atom. The van der Waals surface area contributed by atoms with E-state index in [2.05, 4.69) is 18.8 Å². The number of rotatable bonds is 11. The summed E-state index contributed by atoms with van der Waals surface area (Å²) in [7, 11) is 0. The van der Waals surface area contributed by atoms with Crippen molar-refractivity contribution in [1.29, 1.82) is 0 Å². The maximum atomic E-state index is 3.13. The molecule has 0 N–H and O–H groups in total. The monoisotopic (exact) mass is 222 g/mol. The predicted octanol–water partition coefficient (Wildman–Crippen LogP) is 5.71. The van der Waals surface area contributed by atoms with Gasteiger partial charge in [-0.25, -0.2) is 0 Å². The highest BCUT2D eigenvalue weighted by Crippen LogP contribution is 2.11. The molecular formula is C16H30. The van der Waals surface area contributed by atoms with Crippen molar-refractivity contribution in [1.82, 2.24) is 0 Å². The lowest BCUT2D eigenvalue weighted by molar-refractivity contribution is 0.551. The largest absolute Gasteiger partial charge is 0.107 e. The Morgan fingerprint density at radius 1 is 0.625 bits per heavy atom. The molecule has 0 unspecified atom stereocenters. The average molecular weight is 222 g/mol. The first-order valence-electron chi connectivity index (χ1n) is 7.31. The molecule has 0 saturated heterocycles. The van der Waals surface area contributed by atoms with Crippen molar-refractivity contribution in [3.05, 3.63) is 0 Å². The molecule has 0 spiro atoms. The Labute approximate surface area is 103 Å². The highest BCUT2D eigenvalue weighted by molar-refractivity contribution is 4.94. The summed E-state index contributed by atoms with van der Waals surface area (Å²) in [6.45, 7) is 4.21. The van der Waals surface area contributed by atoms with Crippen molar-refractivity contribution in [3.63, 3.8) is 0 Å². The maximum Gasteiger partial charge on any atom is 0.00885 e. The van der Waals surface area contributed by atoms with E-state index in [1.807, 2.05) is 6.92 Å². The van der Waals surface area contributed by atoms with Gasteiger partial charge in [0.05, 0.1) is 0 Å². The lowest BCUT2D eigenvalue weighted by Crippen LogP contribution is -1.81. The van der Waals surface area contributed by atoms with E-state index >= 15 is 0 Å². The fourth-order valence-corrected chi connectivity index (χ4v) is 2.00. The molecule has 0 fully saturated rings. The van der Waals surface area contributed by atoms with Gasteiger partial charge in [-0.3, -0.25) is 0 Å². The first-order valence-corrected chi connectivity index (χ1v) is 7.31. The summed E-state index contributed by atoms with van der Waals surface area (Å²) in [5.41, 5.74) is 0. The maximum absolute atomic E-state index is 3.13. The van der Waals surface area contributed by atoms with E-state index < -0.39 is 0 Å². The second-order valence-electron chi connectivity index (χ2n) is 4.71. The zero-order chi connectivity index (χ0) is 11.9. The van der Waals surface area contributed by atoms with E-state index in [-0.39, 0.29) is 0 Å². The Morgan fingerprint density at radius 2 is 1.06 bits per heavy atom. The normalized spacial score (nSPS) is 9.88. The van der Waals surface area contributed by atoms with Crippen molar-refractivity contribution < 1.29 is 0 Å². The quantitative estimate of drug-likeness (QED) is 0.310. The van der Waals surface area contributed by atoms with Gasteiger partial charge in [-0.2, -0.15) is 0 Å². The van der Waals surface area contributed by atoms with Crippen LogP contribution in [0.4, 0.5) is 0 Å². The fourth-order valence-electron chi connectivity index (χ4n) is 2.00. The lowest BCUT2D eigenvalue weighted by Gasteiger charge is -2.01. The molecule has 0 rings (SSSR count). The molecule has 0 aliphatic heterocycles. The molecule has 0 atom stereocenters. The van der Waals surface area contributed by atoms with Crippen molar-refractivity contribution in [2.45, 2.75) is 90.9 Å². The van der Waals surface area contributed by atoms with Crippen LogP contribution in [0.3, 0.4) is 0 Å². The van der Waals surface area contributed by atoms with Gasteiger partial charge in [-0.15, -0.1) is 11.8 Å². The topological polar surface area (TPSA) is 0 Å². The average Bonchev–Trinajstić information content (AvgIpc) is 2.31. The van der Waals surface area contributed by atoms with Crippen molar-refractivity contribution in [2.24, 2.45) is 0 Å². The third kappa shape index (κ3) is 13.6. The van der Waals surface area contributed by atoms with Crippen LogP contribution in [0.1, 0.15) is 90.9 Å². The van der Waals surface area contributed by atoms with Crippen LogP contribution in [-0.2, 0) is 0 Å². The van der Waals surface area contributed by atoms with Gasteiger partial charge in [-0.05, 0) is 13.3 Å². The van der Waals surface area contributed by atoms with Crippen LogP contribution in [0.25, 0.3) is 0 Å². The minimum Gasteiger partial charge on any atom is -0.107 e. The van der Waals surface area contributed by atoms with Crippen molar-refractivity contribution in [2.75, 3.05) is 0 Å². The first-order chi connectivity index (χ1) is 7.91. The molecule has 0 aliphatic carbocycles.